The number of tetrazole rings is 1. The van der Waals surface area contributed by atoms with E-state index in [1.807, 2.05) is 0 Å². The van der Waals surface area contributed by atoms with Gasteiger partial charge in [-0.2, -0.15) is 4.80 Å². The largest absolute Gasteiger partial charge is 0.441 e. The molecule has 3 heterocycles. The second kappa shape index (κ2) is 9.14. The van der Waals surface area contributed by atoms with E-state index in [1.165, 1.54) is 22.0 Å². The fourth-order valence-corrected chi connectivity index (χ4v) is 3.18. The monoisotopic (exact) mass is 428 g/mol. The molecule has 0 bridgehead atoms. The number of cyclic esters (lactones) is 1. The molecule has 0 saturated carbocycles. The molecule has 1 N–H and O–H groups in total. The van der Waals surface area contributed by atoms with Crippen molar-refractivity contribution in [3.63, 3.8) is 0 Å². The minimum atomic E-state index is -0.551. The Balaban J connectivity index is 1.45. The van der Waals surface area contributed by atoms with Crippen molar-refractivity contribution in [1.82, 2.24) is 25.2 Å². The zero-order valence-electron chi connectivity index (χ0n) is 16.8. The average Bonchev–Trinajstić information content (AvgIpc) is 3.37. The maximum absolute atomic E-state index is 14.8. The van der Waals surface area contributed by atoms with Gasteiger partial charge in [0.25, 0.3) is 0 Å². The van der Waals surface area contributed by atoms with Crippen LogP contribution in [0.3, 0.4) is 0 Å². The fraction of sp³-hybridized carbons (Fsp3) is 0.350. The molecule has 1 saturated heterocycles. The number of hydrogen-bond acceptors (Lipinski definition) is 8. The number of benzene rings is 1. The number of rotatable bonds is 8. The van der Waals surface area contributed by atoms with E-state index in [4.69, 9.17) is 14.6 Å². The van der Waals surface area contributed by atoms with Gasteiger partial charge in [0, 0.05) is 30.5 Å². The summed E-state index contributed by atoms with van der Waals surface area (Å²) >= 11 is 0. The molecule has 0 radical (unpaired) electrons. The number of pyridine rings is 1. The highest BCUT2D eigenvalue weighted by atomic mass is 19.1. The van der Waals surface area contributed by atoms with E-state index in [0.29, 0.717) is 41.4 Å². The van der Waals surface area contributed by atoms with Crippen molar-refractivity contribution >= 4 is 11.8 Å². The van der Waals surface area contributed by atoms with Crippen molar-refractivity contribution in [2.75, 3.05) is 31.3 Å². The molecule has 0 aliphatic carbocycles. The van der Waals surface area contributed by atoms with Gasteiger partial charge in [0.2, 0.25) is 5.82 Å². The predicted molar refractivity (Wildman–Crippen MR) is 108 cm³/mol. The van der Waals surface area contributed by atoms with Gasteiger partial charge in [-0.3, -0.25) is 9.88 Å². The molecule has 1 amide bonds. The fourth-order valence-electron chi connectivity index (χ4n) is 3.18. The first-order chi connectivity index (χ1) is 15.0. The highest BCUT2D eigenvalue weighted by molar-refractivity contribution is 5.90. The maximum atomic E-state index is 14.8. The lowest BCUT2D eigenvalue weighted by molar-refractivity contribution is 0.0403. The number of hydrogen-bond donors (Lipinski definition) is 1. The first kappa shape index (κ1) is 20.8. The van der Waals surface area contributed by atoms with Crippen LogP contribution in [-0.4, -0.2) is 68.9 Å². The number of aliphatic hydroxyl groups is 1. The van der Waals surface area contributed by atoms with E-state index in [9.17, 15) is 9.18 Å². The smallest absolute Gasteiger partial charge is 0.414 e. The molecule has 3 aromatic rings. The minimum absolute atomic E-state index is 0.0394. The normalized spacial score (nSPS) is 16.0. The molecule has 1 unspecified atom stereocenters. The molecule has 31 heavy (non-hydrogen) atoms. The molecular weight excluding hydrogens is 407 g/mol. The van der Waals surface area contributed by atoms with Gasteiger partial charge in [-0.1, -0.05) is 6.07 Å². The van der Waals surface area contributed by atoms with Crippen molar-refractivity contribution in [2.45, 2.75) is 12.5 Å². The molecule has 1 aliphatic rings. The van der Waals surface area contributed by atoms with Crippen LogP contribution in [0.2, 0.25) is 0 Å². The van der Waals surface area contributed by atoms with Gasteiger partial charge in [0.05, 0.1) is 25.9 Å². The number of carbonyl (C=O) groups excluding carboxylic acids is 1. The standard InChI is InChI=1S/C20H21FN6O4/c1-26-24-19(23-25-26)18-6-3-13(10-22-18)16-5-4-14(9-17(16)21)27-11-15(31-20(27)29)12-30-8-2-7-28/h3-6,9-10,15,28H,2,7-8,11-12H2,1H3. The summed E-state index contributed by atoms with van der Waals surface area (Å²) in [5.41, 5.74) is 1.86. The van der Waals surface area contributed by atoms with Crippen molar-refractivity contribution in [3.8, 4) is 22.6 Å². The Bertz CT molecular complexity index is 1060. The molecule has 10 nitrogen and oxygen atoms in total. The number of aryl methyl sites for hydroxylation is 1. The van der Waals surface area contributed by atoms with Gasteiger partial charge in [-0.25, -0.2) is 9.18 Å². The Kier molecular flexibility index (Phi) is 6.14. The number of aliphatic hydroxyl groups excluding tert-OH is 1. The van der Waals surface area contributed by atoms with E-state index in [2.05, 4.69) is 20.4 Å². The van der Waals surface area contributed by atoms with Crippen LogP contribution in [0.15, 0.2) is 36.5 Å². The molecular formula is C20H21FN6O4. The van der Waals surface area contributed by atoms with Gasteiger partial charge < -0.3 is 14.6 Å². The maximum Gasteiger partial charge on any atom is 0.414 e. The highest BCUT2D eigenvalue weighted by Crippen LogP contribution is 2.29. The molecule has 162 valence electrons. The SMILES string of the molecule is Cn1nnc(-c2ccc(-c3ccc(N4CC(COCCCO)OC4=O)cc3F)cn2)n1. The Morgan fingerprint density at radius 2 is 2.19 bits per heavy atom. The van der Waals surface area contributed by atoms with Crippen molar-refractivity contribution in [1.29, 1.82) is 0 Å². The Hall–Kier alpha value is -3.44. The molecule has 1 fully saturated rings. The van der Waals surface area contributed by atoms with Gasteiger partial charge in [-0.15, -0.1) is 10.2 Å². The number of aromatic nitrogens is 5. The van der Waals surface area contributed by atoms with E-state index in [0.717, 1.165) is 0 Å². The summed E-state index contributed by atoms with van der Waals surface area (Å²) in [6.45, 7) is 0.908. The summed E-state index contributed by atoms with van der Waals surface area (Å²) in [5.74, 6) is -0.104. The van der Waals surface area contributed by atoms with Gasteiger partial charge in [-0.05, 0) is 35.9 Å². The second-order valence-corrected chi connectivity index (χ2v) is 6.97. The minimum Gasteiger partial charge on any atom is -0.441 e. The summed E-state index contributed by atoms with van der Waals surface area (Å²) in [4.78, 5) is 19.2. The van der Waals surface area contributed by atoms with Crippen LogP contribution < -0.4 is 4.90 Å². The lowest BCUT2D eigenvalue weighted by Crippen LogP contribution is -2.26. The zero-order chi connectivity index (χ0) is 21.8. The second-order valence-electron chi connectivity index (χ2n) is 6.97. The number of amides is 1. The van der Waals surface area contributed by atoms with E-state index < -0.39 is 18.0 Å². The van der Waals surface area contributed by atoms with E-state index in [-0.39, 0.29) is 19.8 Å². The first-order valence-corrected chi connectivity index (χ1v) is 9.72. The van der Waals surface area contributed by atoms with Crippen molar-refractivity contribution < 1.29 is 23.8 Å². The molecule has 1 aromatic carbocycles. The van der Waals surface area contributed by atoms with Crippen LogP contribution >= 0.6 is 0 Å². The average molecular weight is 428 g/mol. The third kappa shape index (κ3) is 4.67. The van der Waals surface area contributed by atoms with Gasteiger partial charge in [0.1, 0.15) is 17.6 Å². The molecule has 4 rings (SSSR count). The Morgan fingerprint density at radius 3 is 2.87 bits per heavy atom. The zero-order valence-corrected chi connectivity index (χ0v) is 16.8. The lowest BCUT2D eigenvalue weighted by atomic mass is 10.1. The molecule has 1 atom stereocenters. The van der Waals surface area contributed by atoms with Crippen LogP contribution in [-0.2, 0) is 16.5 Å². The number of carbonyl (C=O) groups is 1. The van der Waals surface area contributed by atoms with Gasteiger partial charge in [0.15, 0.2) is 0 Å². The summed E-state index contributed by atoms with van der Waals surface area (Å²) in [5, 5.41) is 20.5. The van der Waals surface area contributed by atoms with Crippen LogP contribution in [0.1, 0.15) is 6.42 Å². The highest BCUT2D eigenvalue weighted by Gasteiger charge is 2.32. The summed E-state index contributed by atoms with van der Waals surface area (Å²) in [6, 6.07) is 7.97. The Labute approximate surface area is 177 Å². The predicted octanol–water partition coefficient (Wildman–Crippen LogP) is 1.80. The van der Waals surface area contributed by atoms with Crippen LogP contribution in [0, 0.1) is 5.82 Å². The number of anilines is 1. The summed E-state index contributed by atoms with van der Waals surface area (Å²) in [7, 11) is 1.66. The van der Waals surface area contributed by atoms with Crippen molar-refractivity contribution in [3.05, 3.63) is 42.3 Å². The Morgan fingerprint density at radius 1 is 1.32 bits per heavy atom. The lowest BCUT2D eigenvalue weighted by Gasteiger charge is -2.14. The molecule has 1 aliphatic heterocycles. The van der Waals surface area contributed by atoms with Crippen LogP contribution in [0.5, 0.6) is 0 Å². The van der Waals surface area contributed by atoms with Crippen LogP contribution in [0.4, 0.5) is 14.9 Å². The molecule has 11 heteroatoms. The summed E-state index contributed by atoms with van der Waals surface area (Å²) in [6.07, 6.45) is 1.06. The molecule has 0 spiro atoms. The third-order valence-electron chi connectivity index (χ3n) is 4.70. The molecule has 2 aromatic heterocycles. The van der Waals surface area contributed by atoms with Gasteiger partial charge >= 0.3 is 6.09 Å². The van der Waals surface area contributed by atoms with Crippen LogP contribution in [0.25, 0.3) is 22.6 Å². The third-order valence-corrected chi connectivity index (χ3v) is 4.70. The van der Waals surface area contributed by atoms with Crippen molar-refractivity contribution in [2.24, 2.45) is 7.05 Å². The number of ether oxygens (including phenoxy) is 2. The number of halogens is 1. The summed E-state index contributed by atoms with van der Waals surface area (Å²) < 4.78 is 25.5. The topological polar surface area (TPSA) is 115 Å². The quantitative estimate of drug-likeness (QED) is 0.540. The first-order valence-electron chi connectivity index (χ1n) is 9.72. The number of nitrogens with zero attached hydrogens (tertiary/aromatic N) is 6. The van der Waals surface area contributed by atoms with E-state index in [1.54, 1.807) is 31.3 Å². The van der Waals surface area contributed by atoms with E-state index >= 15 is 0 Å².